The largest absolute Gasteiger partial charge is 0.493 e. The van der Waals surface area contributed by atoms with Crippen molar-refractivity contribution in [3.8, 4) is 17.2 Å². The molecule has 0 fully saturated rings. The first kappa shape index (κ1) is 16.1. The number of H-pyrrole nitrogens is 1. The highest BCUT2D eigenvalue weighted by atomic mass is 35.5. The first-order valence-corrected chi connectivity index (χ1v) is 7.45. The van der Waals surface area contributed by atoms with Gasteiger partial charge in [-0.3, -0.25) is 4.79 Å². The number of nitrogens with one attached hydrogen (secondary N) is 1. The highest BCUT2D eigenvalue weighted by Gasteiger charge is 2.19. The van der Waals surface area contributed by atoms with Crippen LogP contribution in [0.5, 0.6) is 17.2 Å². The van der Waals surface area contributed by atoms with E-state index in [4.69, 9.17) is 25.8 Å². The first-order valence-electron chi connectivity index (χ1n) is 7.07. The van der Waals surface area contributed by atoms with Crippen LogP contribution >= 0.6 is 11.6 Å². The van der Waals surface area contributed by atoms with Gasteiger partial charge in [0.1, 0.15) is 5.15 Å². The number of aromatic nitrogens is 2. The van der Waals surface area contributed by atoms with E-state index in [-0.39, 0.29) is 5.78 Å². The summed E-state index contributed by atoms with van der Waals surface area (Å²) in [5.41, 5.74) is 2.16. The van der Waals surface area contributed by atoms with Gasteiger partial charge in [0.2, 0.25) is 11.5 Å². The smallest absolute Gasteiger partial charge is 0.209 e. The molecule has 1 N–H and O–H groups in total. The molecular formula is C17H15ClN2O4. The molecule has 0 amide bonds. The molecule has 2 heterocycles. The molecule has 0 aliphatic carbocycles. The van der Waals surface area contributed by atoms with Crippen LogP contribution in [0, 0.1) is 0 Å². The van der Waals surface area contributed by atoms with Gasteiger partial charge in [0.25, 0.3) is 0 Å². The Morgan fingerprint density at radius 3 is 2.29 bits per heavy atom. The van der Waals surface area contributed by atoms with Crippen molar-refractivity contribution in [3.63, 3.8) is 0 Å². The van der Waals surface area contributed by atoms with Crippen LogP contribution in [0.15, 0.2) is 30.3 Å². The van der Waals surface area contributed by atoms with E-state index in [2.05, 4.69) is 9.97 Å². The molecule has 2 aromatic heterocycles. The molecule has 0 spiro atoms. The highest BCUT2D eigenvalue weighted by molar-refractivity contribution is 6.29. The molecule has 0 aliphatic rings. The van der Waals surface area contributed by atoms with Gasteiger partial charge < -0.3 is 19.2 Å². The molecule has 0 unspecified atom stereocenters. The van der Waals surface area contributed by atoms with Crippen LogP contribution in [-0.2, 0) is 0 Å². The lowest BCUT2D eigenvalue weighted by Gasteiger charge is -2.13. The lowest BCUT2D eigenvalue weighted by Crippen LogP contribution is -2.04. The van der Waals surface area contributed by atoms with Crippen LogP contribution in [-0.4, -0.2) is 37.1 Å². The average molecular weight is 347 g/mol. The Hall–Kier alpha value is -2.73. The number of benzene rings is 1. The summed E-state index contributed by atoms with van der Waals surface area (Å²) in [7, 11) is 4.51. The minimum atomic E-state index is -0.219. The van der Waals surface area contributed by atoms with E-state index in [1.807, 2.05) is 0 Å². The van der Waals surface area contributed by atoms with E-state index >= 15 is 0 Å². The second-order valence-corrected chi connectivity index (χ2v) is 5.38. The van der Waals surface area contributed by atoms with Gasteiger partial charge in [-0.25, -0.2) is 4.98 Å². The molecule has 6 nitrogen and oxygen atoms in total. The first-order chi connectivity index (χ1) is 11.6. The fourth-order valence-corrected chi connectivity index (χ4v) is 2.63. The summed E-state index contributed by atoms with van der Waals surface area (Å²) in [4.78, 5) is 20.0. The zero-order chi connectivity index (χ0) is 17.3. The predicted molar refractivity (Wildman–Crippen MR) is 90.6 cm³/mol. The maximum absolute atomic E-state index is 12.8. The fourth-order valence-electron chi connectivity index (χ4n) is 2.47. The number of carbonyl (C=O) groups excluding carboxylic acids is 1. The van der Waals surface area contributed by atoms with Crippen LogP contribution in [0.3, 0.4) is 0 Å². The molecule has 7 heteroatoms. The van der Waals surface area contributed by atoms with Gasteiger partial charge in [-0.2, -0.15) is 0 Å². The van der Waals surface area contributed by atoms with Crippen molar-refractivity contribution in [2.45, 2.75) is 0 Å². The van der Waals surface area contributed by atoms with Crippen molar-refractivity contribution < 1.29 is 19.0 Å². The number of hydrogen-bond donors (Lipinski definition) is 1. The zero-order valence-electron chi connectivity index (χ0n) is 13.3. The third-order valence-corrected chi connectivity index (χ3v) is 3.82. The number of ether oxygens (including phenoxy) is 3. The average Bonchev–Trinajstić information content (AvgIpc) is 3.02. The molecular weight excluding hydrogens is 332 g/mol. The van der Waals surface area contributed by atoms with Crippen molar-refractivity contribution in [1.82, 2.24) is 9.97 Å². The highest BCUT2D eigenvalue weighted by Crippen LogP contribution is 2.38. The summed E-state index contributed by atoms with van der Waals surface area (Å²) >= 11 is 5.88. The van der Waals surface area contributed by atoms with Crippen LogP contribution < -0.4 is 14.2 Å². The van der Waals surface area contributed by atoms with E-state index in [0.29, 0.717) is 39.2 Å². The number of halogens is 1. The lowest BCUT2D eigenvalue weighted by atomic mass is 10.1. The van der Waals surface area contributed by atoms with Crippen LogP contribution in [0.4, 0.5) is 0 Å². The van der Waals surface area contributed by atoms with Crippen LogP contribution in [0.2, 0.25) is 5.15 Å². The minimum absolute atomic E-state index is 0.219. The van der Waals surface area contributed by atoms with E-state index in [0.717, 1.165) is 5.52 Å². The van der Waals surface area contributed by atoms with Gasteiger partial charge in [-0.15, -0.1) is 0 Å². The summed E-state index contributed by atoms with van der Waals surface area (Å²) in [5, 5.41) is 0.369. The molecule has 0 aliphatic heterocycles. The quantitative estimate of drug-likeness (QED) is 0.565. The number of pyridine rings is 1. The zero-order valence-corrected chi connectivity index (χ0v) is 14.1. The molecule has 24 heavy (non-hydrogen) atoms. The third-order valence-electron chi connectivity index (χ3n) is 3.61. The molecule has 0 saturated heterocycles. The summed E-state index contributed by atoms with van der Waals surface area (Å²) in [5.74, 6) is 1.04. The number of hydrogen-bond acceptors (Lipinski definition) is 5. The molecule has 1 aromatic carbocycles. The van der Waals surface area contributed by atoms with E-state index < -0.39 is 0 Å². The Labute approximate surface area is 143 Å². The number of ketones is 1. The number of rotatable bonds is 5. The molecule has 3 rings (SSSR count). The van der Waals surface area contributed by atoms with E-state index in [1.165, 1.54) is 21.3 Å². The van der Waals surface area contributed by atoms with E-state index in [1.54, 1.807) is 30.3 Å². The van der Waals surface area contributed by atoms with Crippen LogP contribution in [0.25, 0.3) is 11.0 Å². The number of aromatic amines is 1. The molecule has 0 saturated carbocycles. The molecule has 0 bridgehead atoms. The Kier molecular flexibility index (Phi) is 4.31. The monoisotopic (exact) mass is 346 g/mol. The second-order valence-electron chi connectivity index (χ2n) is 4.99. The second kappa shape index (κ2) is 6.41. The standard InChI is InChI=1S/C17H15ClN2O4/c1-22-13-6-9(7-14(23-2)17(13)24-3)16(21)12-8-11-10(19-12)4-5-15(18)20-11/h4-8,19H,1-3H3. The maximum atomic E-state index is 12.8. The Balaban J connectivity index is 2.08. The maximum Gasteiger partial charge on any atom is 0.209 e. The van der Waals surface area contributed by atoms with Gasteiger partial charge in [0, 0.05) is 5.56 Å². The van der Waals surface area contributed by atoms with Crippen molar-refractivity contribution in [3.05, 3.63) is 46.7 Å². The Morgan fingerprint density at radius 1 is 1.04 bits per heavy atom. The summed E-state index contributed by atoms with van der Waals surface area (Å²) in [6.07, 6.45) is 0. The Bertz CT molecular complexity index is 895. The van der Waals surface area contributed by atoms with Crippen molar-refractivity contribution in [2.75, 3.05) is 21.3 Å². The normalized spacial score (nSPS) is 10.7. The molecule has 124 valence electrons. The lowest BCUT2D eigenvalue weighted by molar-refractivity contribution is 0.103. The predicted octanol–water partition coefficient (Wildman–Crippen LogP) is 3.47. The molecule has 3 aromatic rings. The minimum Gasteiger partial charge on any atom is -0.493 e. The van der Waals surface area contributed by atoms with Crippen molar-refractivity contribution in [2.24, 2.45) is 0 Å². The number of fused-ring (bicyclic) bond motifs is 1. The SMILES string of the molecule is COc1cc(C(=O)c2cc3nc(Cl)ccc3[nH]2)cc(OC)c1OC. The molecule has 0 radical (unpaired) electrons. The summed E-state index contributed by atoms with van der Waals surface area (Å²) < 4.78 is 15.8. The van der Waals surface area contributed by atoms with Crippen LogP contribution in [0.1, 0.15) is 16.1 Å². The van der Waals surface area contributed by atoms with E-state index in [9.17, 15) is 4.79 Å². The van der Waals surface area contributed by atoms with Crippen molar-refractivity contribution in [1.29, 1.82) is 0 Å². The number of carbonyl (C=O) groups is 1. The number of methoxy groups -OCH3 is 3. The van der Waals surface area contributed by atoms with Gasteiger partial charge in [-0.05, 0) is 30.3 Å². The van der Waals surface area contributed by atoms with Gasteiger partial charge in [0.05, 0.1) is 38.1 Å². The Morgan fingerprint density at radius 2 is 1.71 bits per heavy atom. The third kappa shape index (κ3) is 2.76. The number of nitrogens with zero attached hydrogens (tertiary/aromatic N) is 1. The molecule has 0 atom stereocenters. The summed E-state index contributed by atoms with van der Waals surface area (Å²) in [6.45, 7) is 0. The summed E-state index contributed by atoms with van der Waals surface area (Å²) in [6, 6.07) is 8.31. The van der Waals surface area contributed by atoms with Gasteiger partial charge in [0.15, 0.2) is 11.5 Å². The topological polar surface area (TPSA) is 73.4 Å². The van der Waals surface area contributed by atoms with Gasteiger partial charge in [-0.1, -0.05) is 11.6 Å². The van der Waals surface area contributed by atoms with Gasteiger partial charge >= 0.3 is 0 Å². The van der Waals surface area contributed by atoms with Crippen molar-refractivity contribution >= 4 is 28.4 Å². The fraction of sp³-hybridized carbons (Fsp3) is 0.176.